The van der Waals surface area contributed by atoms with E-state index in [9.17, 15) is 4.39 Å². The minimum Gasteiger partial charge on any atom is -0.481 e. The van der Waals surface area contributed by atoms with Crippen molar-refractivity contribution in [2.24, 2.45) is 5.10 Å². The lowest BCUT2D eigenvalue weighted by molar-refractivity contribution is 0.0798. The van der Waals surface area contributed by atoms with Crippen LogP contribution in [-0.4, -0.2) is 31.5 Å². The first kappa shape index (κ1) is 16.3. The maximum atomic E-state index is 13.8. The molecule has 1 aromatic rings. The van der Waals surface area contributed by atoms with Crippen LogP contribution in [0.5, 0.6) is 0 Å². The Hall–Kier alpha value is -2.09. The summed E-state index contributed by atoms with van der Waals surface area (Å²) < 4.78 is 24.2. The largest absolute Gasteiger partial charge is 0.481 e. The molecule has 1 aromatic carbocycles. The topological polar surface area (TPSA) is 72.1 Å². The van der Waals surface area contributed by atoms with Crippen LogP contribution in [0.2, 0.25) is 0 Å². The fourth-order valence-corrected chi connectivity index (χ4v) is 2.72. The van der Waals surface area contributed by atoms with Crippen LogP contribution in [0.3, 0.4) is 0 Å². The lowest BCUT2D eigenvalue weighted by Crippen LogP contribution is -2.49. The third-order valence-electron chi connectivity index (χ3n) is 3.45. The van der Waals surface area contributed by atoms with Crippen molar-refractivity contribution < 1.29 is 13.9 Å². The summed E-state index contributed by atoms with van der Waals surface area (Å²) in [7, 11) is 3.04. The zero-order chi connectivity index (χ0) is 16.3. The molecule has 0 bridgehead atoms. The molecule has 1 unspecified atom stereocenters. The molecule has 120 valence electrons. The van der Waals surface area contributed by atoms with Crippen molar-refractivity contribution in [1.29, 1.82) is 0 Å². The van der Waals surface area contributed by atoms with E-state index in [4.69, 9.17) is 15.2 Å². The van der Waals surface area contributed by atoms with E-state index in [2.05, 4.69) is 10.5 Å². The first-order valence-corrected chi connectivity index (χ1v) is 7.73. The van der Waals surface area contributed by atoms with Gasteiger partial charge >= 0.3 is 0 Å². The van der Waals surface area contributed by atoms with Gasteiger partial charge in [-0.15, -0.1) is 16.9 Å². The van der Waals surface area contributed by atoms with Crippen molar-refractivity contribution >= 4 is 23.3 Å². The summed E-state index contributed by atoms with van der Waals surface area (Å²) >= 11 is 1.45. The van der Waals surface area contributed by atoms with Crippen LogP contribution >= 0.6 is 11.8 Å². The molecule has 0 spiro atoms. The van der Waals surface area contributed by atoms with Crippen LogP contribution in [0.1, 0.15) is 12.5 Å². The molecule has 3 N–H and O–H groups in total. The van der Waals surface area contributed by atoms with Gasteiger partial charge in [-0.25, -0.2) is 9.82 Å². The van der Waals surface area contributed by atoms with Crippen LogP contribution in [-0.2, 0) is 14.3 Å². The summed E-state index contributed by atoms with van der Waals surface area (Å²) in [4.78, 5) is -0.770. The second-order valence-electron chi connectivity index (χ2n) is 4.67. The Morgan fingerprint density at radius 2 is 2.09 bits per heavy atom. The maximum Gasteiger partial charge on any atom is 0.238 e. The predicted octanol–water partition coefficient (Wildman–Crippen LogP) is 2.21. The Labute approximate surface area is 133 Å². The number of anilines is 1. The minimum atomic E-state index is -0.770. The van der Waals surface area contributed by atoms with Crippen LogP contribution in [0, 0.1) is 5.82 Å². The molecule has 0 aliphatic carbocycles. The first-order valence-electron chi connectivity index (χ1n) is 6.51. The molecule has 22 heavy (non-hydrogen) atoms. The molecule has 8 heteroatoms. The third kappa shape index (κ3) is 2.78. The van der Waals surface area contributed by atoms with Crippen molar-refractivity contribution in [2.75, 3.05) is 26.2 Å². The van der Waals surface area contributed by atoms with Crippen molar-refractivity contribution in [3.05, 3.63) is 41.5 Å². The number of methoxy groups -OCH3 is 2. The standard InChI is InChI=1S/C14H19FN4O2S/c1-14(22-4,9-6-5-7-10(15)13(9)16)19-17-11(20-2)8-12(18-19)21-3/h5-8,17H,16H2,1-4H3. The molecule has 0 aromatic heterocycles. The number of nitrogens with one attached hydrogen (secondary N) is 1. The number of benzene rings is 1. The van der Waals surface area contributed by atoms with Gasteiger partial charge in [-0.2, -0.15) is 5.12 Å². The molecule has 0 fully saturated rings. The lowest BCUT2D eigenvalue weighted by Gasteiger charge is -2.40. The number of hydrogen-bond acceptors (Lipinski definition) is 7. The molecule has 0 radical (unpaired) electrons. The summed E-state index contributed by atoms with van der Waals surface area (Å²) in [5, 5.41) is 5.89. The Kier molecular flexibility index (Phi) is 4.70. The Bertz CT molecular complexity index is 623. The fourth-order valence-electron chi connectivity index (χ4n) is 2.06. The van der Waals surface area contributed by atoms with Gasteiger partial charge in [0.05, 0.1) is 26.0 Å². The summed E-state index contributed by atoms with van der Waals surface area (Å²) in [5.74, 6) is 0.362. The van der Waals surface area contributed by atoms with Crippen LogP contribution in [0.25, 0.3) is 0 Å². The summed E-state index contributed by atoms with van der Waals surface area (Å²) in [6.07, 6.45) is 3.50. The van der Waals surface area contributed by atoms with Gasteiger partial charge in [0, 0.05) is 5.56 Å². The molecule has 0 saturated carbocycles. The molecule has 2 rings (SSSR count). The number of nitrogens with two attached hydrogens (primary N) is 1. The number of nitrogens with zero attached hydrogens (tertiary/aromatic N) is 2. The van der Waals surface area contributed by atoms with E-state index in [0.29, 0.717) is 17.3 Å². The van der Waals surface area contributed by atoms with E-state index >= 15 is 0 Å². The fraction of sp³-hybridized carbons (Fsp3) is 0.357. The normalized spacial score (nSPS) is 17.0. The van der Waals surface area contributed by atoms with E-state index in [1.165, 1.54) is 32.0 Å². The number of para-hydroxylation sites is 1. The quantitative estimate of drug-likeness (QED) is 0.827. The number of hydrazone groups is 1. The molecule has 1 atom stereocenters. The average Bonchev–Trinajstić information content (AvgIpc) is 2.56. The van der Waals surface area contributed by atoms with E-state index in [0.717, 1.165) is 0 Å². The van der Waals surface area contributed by atoms with Gasteiger partial charge in [-0.3, -0.25) is 0 Å². The number of nitrogen functional groups attached to an aromatic ring is 1. The molecule has 1 aliphatic heterocycles. The second kappa shape index (κ2) is 6.35. The predicted molar refractivity (Wildman–Crippen MR) is 86.2 cm³/mol. The van der Waals surface area contributed by atoms with Gasteiger partial charge in [-0.05, 0) is 19.2 Å². The average molecular weight is 326 g/mol. The number of ether oxygens (including phenoxy) is 2. The minimum absolute atomic E-state index is 0.0869. The monoisotopic (exact) mass is 326 g/mol. The van der Waals surface area contributed by atoms with E-state index < -0.39 is 10.7 Å². The zero-order valence-electron chi connectivity index (χ0n) is 12.9. The highest BCUT2D eigenvalue weighted by Gasteiger charge is 2.38. The highest BCUT2D eigenvalue weighted by atomic mass is 32.2. The van der Waals surface area contributed by atoms with Gasteiger partial charge in [0.15, 0.2) is 0 Å². The summed E-state index contributed by atoms with van der Waals surface area (Å²) in [5.41, 5.74) is 9.61. The van der Waals surface area contributed by atoms with Crippen LogP contribution < -0.4 is 11.2 Å². The van der Waals surface area contributed by atoms with Crippen LogP contribution in [0.15, 0.2) is 35.3 Å². The van der Waals surface area contributed by atoms with E-state index in [-0.39, 0.29) is 5.69 Å². The highest BCUT2D eigenvalue weighted by Crippen LogP contribution is 2.41. The molecule has 0 saturated heterocycles. The van der Waals surface area contributed by atoms with E-state index in [1.807, 2.05) is 13.2 Å². The number of halogens is 1. The van der Waals surface area contributed by atoms with Gasteiger partial charge < -0.3 is 15.2 Å². The Morgan fingerprint density at radius 1 is 1.36 bits per heavy atom. The highest BCUT2D eigenvalue weighted by molar-refractivity contribution is 7.99. The molecule has 1 aliphatic rings. The zero-order valence-corrected chi connectivity index (χ0v) is 13.7. The van der Waals surface area contributed by atoms with Gasteiger partial charge in [0.2, 0.25) is 11.8 Å². The van der Waals surface area contributed by atoms with Crippen molar-refractivity contribution in [2.45, 2.75) is 11.8 Å². The Morgan fingerprint density at radius 3 is 2.68 bits per heavy atom. The lowest BCUT2D eigenvalue weighted by atomic mass is 10.1. The number of hydrazine groups is 1. The number of hydrogen-bond donors (Lipinski definition) is 2. The number of thioether (sulfide) groups is 1. The smallest absolute Gasteiger partial charge is 0.238 e. The first-order chi connectivity index (χ1) is 10.5. The molecule has 1 heterocycles. The van der Waals surface area contributed by atoms with Gasteiger partial charge in [0.25, 0.3) is 0 Å². The SMILES string of the molecule is COC1=CC(OC)=NN(C(C)(SC)c2cccc(F)c2N)N1. The van der Waals surface area contributed by atoms with Crippen molar-refractivity contribution in [1.82, 2.24) is 10.5 Å². The van der Waals surface area contributed by atoms with Gasteiger partial charge in [-0.1, -0.05) is 12.1 Å². The maximum absolute atomic E-state index is 13.8. The summed E-state index contributed by atoms with van der Waals surface area (Å²) in [6.45, 7) is 1.88. The van der Waals surface area contributed by atoms with Gasteiger partial charge in [0.1, 0.15) is 10.7 Å². The molecular weight excluding hydrogens is 307 g/mol. The third-order valence-corrected chi connectivity index (χ3v) is 4.64. The number of rotatable bonds is 4. The van der Waals surface area contributed by atoms with Crippen LogP contribution in [0.4, 0.5) is 10.1 Å². The van der Waals surface area contributed by atoms with E-state index in [1.54, 1.807) is 23.3 Å². The molecular formula is C14H19FN4O2S. The molecule has 6 nitrogen and oxygen atoms in total. The van der Waals surface area contributed by atoms with Crippen molar-refractivity contribution in [3.63, 3.8) is 0 Å². The molecule has 0 amide bonds. The summed E-state index contributed by atoms with van der Waals surface area (Å²) in [6, 6.07) is 4.71. The van der Waals surface area contributed by atoms with Crippen molar-refractivity contribution in [3.8, 4) is 0 Å². The second-order valence-corrected chi connectivity index (χ2v) is 5.87. The Balaban J connectivity index is 2.48.